The van der Waals surface area contributed by atoms with Crippen LogP contribution in [-0.2, 0) is 17.9 Å². The first-order valence-electron chi connectivity index (χ1n) is 10.1. The van der Waals surface area contributed by atoms with Crippen molar-refractivity contribution in [2.24, 2.45) is 0 Å². The van der Waals surface area contributed by atoms with Crippen LogP contribution in [0.5, 0.6) is 5.75 Å². The fourth-order valence-electron chi connectivity index (χ4n) is 3.65. The lowest BCUT2D eigenvalue weighted by molar-refractivity contribution is -0.131. The van der Waals surface area contributed by atoms with Gasteiger partial charge in [-0.05, 0) is 37.1 Å². The number of nitrogens with zero attached hydrogens (tertiary/aromatic N) is 5. The molecule has 2 aliphatic heterocycles. The van der Waals surface area contributed by atoms with Crippen molar-refractivity contribution in [1.82, 2.24) is 24.8 Å². The third-order valence-corrected chi connectivity index (χ3v) is 5.33. The molecule has 0 radical (unpaired) electrons. The van der Waals surface area contributed by atoms with Crippen LogP contribution in [-0.4, -0.2) is 76.6 Å². The van der Waals surface area contributed by atoms with Crippen molar-refractivity contribution < 1.29 is 18.4 Å². The Morgan fingerprint density at radius 2 is 1.72 bits per heavy atom. The fraction of sp³-hybridized carbons (Fsp3) is 0.550. The number of aromatic nitrogens is 2. The van der Waals surface area contributed by atoms with Gasteiger partial charge in [0.05, 0.1) is 13.1 Å². The zero-order valence-electron chi connectivity index (χ0n) is 16.4. The number of rotatable bonds is 7. The molecule has 1 amide bonds. The number of ether oxygens (including phenoxy) is 1. The molecule has 0 atom stereocenters. The van der Waals surface area contributed by atoms with Crippen molar-refractivity contribution in [1.29, 1.82) is 0 Å². The highest BCUT2D eigenvalue weighted by molar-refractivity contribution is 5.78. The predicted octanol–water partition coefficient (Wildman–Crippen LogP) is 1.53. The largest absolute Gasteiger partial charge is 0.485 e. The molecule has 3 heterocycles. The van der Waals surface area contributed by atoms with E-state index in [-0.39, 0.29) is 18.3 Å². The number of carbonyl (C=O) groups excluding carboxylic acids is 1. The Hall–Kier alpha value is -2.52. The van der Waals surface area contributed by atoms with Crippen LogP contribution in [0.3, 0.4) is 0 Å². The third kappa shape index (κ3) is 5.51. The molecule has 156 valence electrons. The molecule has 0 unspecified atom stereocenters. The van der Waals surface area contributed by atoms with Crippen molar-refractivity contribution >= 4 is 5.91 Å². The maximum Gasteiger partial charge on any atom is 0.240 e. The van der Waals surface area contributed by atoms with Crippen LogP contribution in [0.1, 0.15) is 24.6 Å². The van der Waals surface area contributed by atoms with Gasteiger partial charge in [-0.1, -0.05) is 5.16 Å². The molecule has 8 nitrogen and oxygen atoms in total. The van der Waals surface area contributed by atoms with Gasteiger partial charge in [-0.25, -0.2) is 4.39 Å². The summed E-state index contributed by atoms with van der Waals surface area (Å²) in [5, 5.41) is 3.94. The Morgan fingerprint density at radius 1 is 1.03 bits per heavy atom. The molecule has 0 spiro atoms. The number of hydrogen-bond acceptors (Lipinski definition) is 7. The summed E-state index contributed by atoms with van der Waals surface area (Å²) in [5.41, 5.74) is 0. The molecular formula is C20H26FN5O3. The van der Waals surface area contributed by atoms with Crippen LogP contribution in [0.15, 0.2) is 28.8 Å². The van der Waals surface area contributed by atoms with Crippen molar-refractivity contribution in [3.63, 3.8) is 0 Å². The van der Waals surface area contributed by atoms with Crippen LogP contribution in [0.2, 0.25) is 0 Å². The number of hydrogen-bond donors (Lipinski definition) is 0. The minimum Gasteiger partial charge on any atom is -0.485 e. The molecular weight excluding hydrogens is 377 g/mol. The predicted molar refractivity (Wildman–Crippen MR) is 103 cm³/mol. The van der Waals surface area contributed by atoms with E-state index in [0.29, 0.717) is 30.6 Å². The van der Waals surface area contributed by atoms with Gasteiger partial charge in [-0.2, -0.15) is 4.98 Å². The van der Waals surface area contributed by atoms with Gasteiger partial charge in [0.2, 0.25) is 17.6 Å². The van der Waals surface area contributed by atoms with E-state index in [1.165, 1.54) is 12.1 Å². The molecule has 1 aromatic heterocycles. The first-order chi connectivity index (χ1) is 14.2. The maximum absolute atomic E-state index is 12.9. The highest BCUT2D eigenvalue weighted by atomic mass is 19.1. The summed E-state index contributed by atoms with van der Waals surface area (Å²) in [7, 11) is 0. The SMILES string of the molecule is O=C(CN1CCN(Cc2nc(COc3ccc(F)cc3)no2)CC1)N1CCCC1. The lowest BCUT2D eigenvalue weighted by Crippen LogP contribution is -2.49. The van der Waals surface area contributed by atoms with Crippen LogP contribution in [0, 0.1) is 5.82 Å². The van der Waals surface area contributed by atoms with E-state index >= 15 is 0 Å². The number of piperazine rings is 1. The maximum atomic E-state index is 12.9. The molecule has 4 rings (SSSR count). The second kappa shape index (κ2) is 9.32. The number of benzene rings is 1. The second-order valence-corrected chi connectivity index (χ2v) is 7.49. The van der Waals surface area contributed by atoms with E-state index in [2.05, 4.69) is 19.9 Å². The summed E-state index contributed by atoms with van der Waals surface area (Å²) in [6, 6.07) is 5.80. The first-order valence-corrected chi connectivity index (χ1v) is 10.1. The normalized spacial score (nSPS) is 18.3. The lowest BCUT2D eigenvalue weighted by atomic mass is 10.3. The molecule has 2 saturated heterocycles. The summed E-state index contributed by atoms with van der Waals surface area (Å²) < 4.78 is 23.8. The zero-order valence-corrected chi connectivity index (χ0v) is 16.4. The quantitative estimate of drug-likeness (QED) is 0.694. The van der Waals surface area contributed by atoms with Gasteiger partial charge in [0.1, 0.15) is 11.6 Å². The van der Waals surface area contributed by atoms with Crippen molar-refractivity contribution in [3.05, 3.63) is 41.8 Å². The van der Waals surface area contributed by atoms with Gasteiger partial charge in [-0.3, -0.25) is 14.6 Å². The average Bonchev–Trinajstić information content (AvgIpc) is 3.41. The molecule has 9 heteroatoms. The van der Waals surface area contributed by atoms with Crippen molar-refractivity contribution in [3.8, 4) is 5.75 Å². The molecule has 0 bridgehead atoms. The van der Waals surface area contributed by atoms with Crippen LogP contribution in [0.25, 0.3) is 0 Å². The lowest BCUT2D eigenvalue weighted by Gasteiger charge is -2.34. The summed E-state index contributed by atoms with van der Waals surface area (Å²) in [5.74, 6) is 1.50. The summed E-state index contributed by atoms with van der Waals surface area (Å²) in [4.78, 5) is 23.1. The fourth-order valence-corrected chi connectivity index (χ4v) is 3.65. The molecule has 2 aromatic rings. The Kier molecular flexibility index (Phi) is 6.36. The highest BCUT2D eigenvalue weighted by Gasteiger charge is 2.24. The van der Waals surface area contributed by atoms with Crippen LogP contribution >= 0.6 is 0 Å². The van der Waals surface area contributed by atoms with Crippen LogP contribution < -0.4 is 4.74 Å². The number of amides is 1. The number of halogens is 1. The van der Waals surface area contributed by atoms with Gasteiger partial charge >= 0.3 is 0 Å². The molecule has 0 N–H and O–H groups in total. The molecule has 0 aliphatic carbocycles. The van der Waals surface area contributed by atoms with E-state index < -0.39 is 0 Å². The Morgan fingerprint density at radius 3 is 2.45 bits per heavy atom. The van der Waals surface area contributed by atoms with Crippen molar-refractivity contribution in [2.75, 3.05) is 45.8 Å². The second-order valence-electron chi connectivity index (χ2n) is 7.49. The Balaban J connectivity index is 1.18. The average molecular weight is 403 g/mol. The van der Waals surface area contributed by atoms with Gasteiger partial charge in [-0.15, -0.1) is 0 Å². The van der Waals surface area contributed by atoms with Gasteiger partial charge in [0, 0.05) is 39.3 Å². The third-order valence-electron chi connectivity index (χ3n) is 5.33. The van der Waals surface area contributed by atoms with Gasteiger partial charge in [0.25, 0.3) is 0 Å². The summed E-state index contributed by atoms with van der Waals surface area (Å²) >= 11 is 0. The van der Waals surface area contributed by atoms with E-state index in [0.717, 1.165) is 52.1 Å². The standard InChI is InChI=1S/C20H26FN5O3/c21-16-3-5-17(6-4-16)28-15-18-22-19(29-23-18)13-24-9-11-25(12-10-24)14-20(27)26-7-1-2-8-26/h3-6H,1-2,7-15H2. The van der Waals surface area contributed by atoms with E-state index in [1.807, 2.05) is 4.90 Å². The van der Waals surface area contributed by atoms with E-state index in [9.17, 15) is 9.18 Å². The molecule has 1 aromatic carbocycles. The molecule has 2 aliphatic rings. The molecule has 0 saturated carbocycles. The Labute approximate surface area is 169 Å². The monoisotopic (exact) mass is 403 g/mol. The van der Waals surface area contributed by atoms with Gasteiger partial charge in [0.15, 0.2) is 6.61 Å². The topological polar surface area (TPSA) is 74.9 Å². The summed E-state index contributed by atoms with van der Waals surface area (Å²) in [6.07, 6.45) is 2.25. The van der Waals surface area contributed by atoms with Crippen LogP contribution in [0.4, 0.5) is 4.39 Å². The minimum atomic E-state index is -0.306. The number of likely N-dealkylation sites (tertiary alicyclic amines) is 1. The van der Waals surface area contributed by atoms with Crippen molar-refractivity contribution in [2.45, 2.75) is 26.0 Å². The highest BCUT2D eigenvalue weighted by Crippen LogP contribution is 2.14. The van der Waals surface area contributed by atoms with E-state index in [1.54, 1.807) is 12.1 Å². The van der Waals surface area contributed by atoms with E-state index in [4.69, 9.17) is 9.26 Å². The minimum absolute atomic E-state index is 0.168. The molecule has 2 fully saturated rings. The summed E-state index contributed by atoms with van der Waals surface area (Å²) in [6.45, 7) is 6.50. The zero-order chi connectivity index (χ0) is 20.1. The Bertz CT molecular complexity index is 799. The number of carbonyl (C=O) groups is 1. The first kappa shape index (κ1) is 19.8. The molecule has 29 heavy (non-hydrogen) atoms. The smallest absolute Gasteiger partial charge is 0.240 e. The van der Waals surface area contributed by atoms with Gasteiger partial charge < -0.3 is 14.2 Å².